The summed E-state index contributed by atoms with van der Waals surface area (Å²) in [6.07, 6.45) is 1.74. The number of carbonyl (C=O) groups is 1. The van der Waals surface area contributed by atoms with Crippen molar-refractivity contribution in [1.29, 1.82) is 0 Å². The van der Waals surface area contributed by atoms with Crippen molar-refractivity contribution in [3.8, 4) is 5.75 Å². The van der Waals surface area contributed by atoms with Crippen molar-refractivity contribution in [2.75, 3.05) is 5.32 Å². The number of nitrogens with zero attached hydrogens (tertiary/aromatic N) is 3. The summed E-state index contributed by atoms with van der Waals surface area (Å²) in [5.41, 5.74) is 3.02. The number of anilines is 1. The topological polar surface area (TPSA) is 82.2 Å². The summed E-state index contributed by atoms with van der Waals surface area (Å²) in [5, 5.41) is 10.7. The summed E-state index contributed by atoms with van der Waals surface area (Å²) in [6, 6.07) is 7.65. The van der Waals surface area contributed by atoms with E-state index in [2.05, 4.69) is 15.6 Å². The first-order valence-electron chi connectivity index (χ1n) is 7.90. The third-order valence-electron chi connectivity index (χ3n) is 3.86. The van der Waals surface area contributed by atoms with Crippen LogP contribution in [0.5, 0.6) is 5.75 Å². The van der Waals surface area contributed by atoms with Gasteiger partial charge in [-0.25, -0.2) is 0 Å². The number of carbonyl (C=O) groups excluding carboxylic acids is 1. The number of aromatic nitrogens is 3. The molecular weight excluding hydrogens is 320 g/mol. The number of hydrogen-bond donors (Lipinski definition) is 1. The van der Waals surface area contributed by atoms with Gasteiger partial charge in [0.15, 0.2) is 11.5 Å². The molecule has 1 amide bonds. The van der Waals surface area contributed by atoms with E-state index in [1.807, 2.05) is 32.0 Å². The largest absolute Gasteiger partial charge is 0.488 e. The maximum Gasteiger partial charge on any atom is 0.279 e. The normalized spacial score (nSPS) is 10.7. The van der Waals surface area contributed by atoms with Gasteiger partial charge in [-0.05, 0) is 32.4 Å². The van der Waals surface area contributed by atoms with E-state index in [1.54, 1.807) is 30.9 Å². The number of benzene rings is 1. The van der Waals surface area contributed by atoms with Gasteiger partial charge in [-0.15, -0.1) is 0 Å². The fraction of sp³-hybridized carbons (Fsp3) is 0.278. The summed E-state index contributed by atoms with van der Waals surface area (Å²) in [7, 11) is 1.78. The average molecular weight is 340 g/mol. The Kier molecular flexibility index (Phi) is 4.56. The molecule has 7 heteroatoms. The van der Waals surface area contributed by atoms with Crippen LogP contribution in [0.25, 0.3) is 0 Å². The lowest BCUT2D eigenvalue weighted by Crippen LogP contribution is -2.16. The molecule has 3 rings (SSSR count). The van der Waals surface area contributed by atoms with Gasteiger partial charge in [0.25, 0.3) is 5.91 Å². The molecule has 0 unspecified atom stereocenters. The summed E-state index contributed by atoms with van der Waals surface area (Å²) in [5.74, 6) is 1.39. The molecule has 0 aliphatic carbocycles. The summed E-state index contributed by atoms with van der Waals surface area (Å²) >= 11 is 0. The zero-order chi connectivity index (χ0) is 18.0. The van der Waals surface area contributed by atoms with Crippen molar-refractivity contribution in [1.82, 2.24) is 14.9 Å². The molecule has 0 aliphatic heterocycles. The Bertz CT molecular complexity index is 911. The van der Waals surface area contributed by atoms with Crippen LogP contribution in [0.4, 0.5) is 5.82 Å². The minimum Gasteiger partial charge on any atom is -0.488 e. The van der Waals surface area contributed by atoms with Crippen LogP contribution >= 0.6 is 0 Å². The van der Waals surface area contributed by atoms with E-state index < -0.39 is 0 Å². The number of hydrogen-bond acceptors (Lipinski definition) is 5. The number of nitrogens with one attached hydrogen (secondary N) is 1. The highest BCUT2D eigenvalue weighted by molar-refractivity contribution is 6.03. The number of ether oxygens (including phenoxy) is 1. The van der Waals surface area contributed by atoms with Crippen LogP contribution in [0.15, 0.2) is 35.0 Å². The summed E-state index contributed by atoms with van der Waals surface area (Å²) in [6.45, 7) is 5.97. The first kappa shape index (κ1) is 16.8. The lowest BCUT2D eigenvalue weighted by Gasteiger charge is -2.10. The summed E-state index contributed by atoms with van der Waals surface area (Å²) < 4.78 is 12.6. The second kappa shape index (κ2) is 6.80. The second-order valence-electron chi connectivity index (χ2n) is 5.95. The standard InChI is InChI=1S/C18H20N4O3/c1-11-5-6-15(12(2)9-11)24-10-14-13(3)25-21-17(14)18(23)19-16-7-8-22(4)20-16/h5-9H,10H2,1-4H3,(H,19,20,23). The highest BCUT2D eigenvalue weighted by atomic mass is 16.5. The molecule has 25 heavy (non-hydrogen) atoms. The molecule has 0 radical (unpaired) electrons. The first-order chi connectivity index (χ1) is 11.9. The number of rotatable bonds is 5. The molecule has 1 N–H and O–H groups in total. The van der Waals surface area contributed by atoms with Gasteiger partial charge in [0.1, 0.15) is 18.1 Å². The fourth-order valence-electron chi connectivity index (χ4n) is 2.51. The van der Waals surface area contributed by atoms with Crippen molar-refractivity contribution in [2.24, 2.45) is 7.05 Å². The molecule has 0 aliphatic rings. The minimum atomic E-state index is -0.380. The van der Waals surface area contributed by atoms with Crippen LogP contribution in [0.1, 0.15) is 32.9 Å². The Balaban J connectivity index is 1.76. The number of amides is 1. The quantitative estimate of drug-likeness (QED) is 0.771. The highest BCUT2D eigenvalue weighted by Crippen LogP contribution is 2.22. The van der Waals surface area contributed by atoms with Gasteiger partial charge in [0.05, 0.1) is 5.56 Å². The van der Waals surface area contributed by atoms with Gasteiger partial charge in [-0.2, -0.15) is 5.10 Å². The van der Waals surface area contributed by atoms with E-state index in [0.29, 0.717) is 17.1 Å². The third-order valence-corrected chi connectivity index (χ3v) is 3.86. The molecule has 130 valence electrons. The van der Waals surface area contributed by atoms with Crippen LogP contribution in [0, 0.1) is 20.8 Å². The molecular formula is C18H20N4O3. The van der Waals surface area contributed by atoms with E-state index in [0.717, 1.165) is 11.3 Å². The molecule has 2 heterocycles. The van der Waals surface area contributed by atoms with Crippen LogP contribution in [0.2, 0.25) is 0 Å². The minimum absolute atomic E-state index is 0.199. The Hall–Kier alpha value is -3.09. The second-order valence-corrected chi connectivity index (χ2v) is 5.95. The van der Waals surface area contributed by atoms with E-state index in [9.17, 15) is 4.79 Å². The molecule has 0 saturated heterocycles. The molecule has 0 saturated carbocycles. The Morgan fingerprint density at radius 1 is 1.28 bits per heavy atom. The van der Waals surface area contributed by atoms with Crippen molar-refractivity contribution in [3.05, 3.63) is 58.6 Å². The van der Waals surface area contributed by atoms with Crippen molar-refractivity contribution in [3.63, 3.8) is 0 Å². The van der Waals surface area contributed by atoms with Gasteiger partial charge in [0.2, 0.25) is 0 Å². The van der Waals surface area contributed by atoms with E-state index in [-0.39, 0.29) is 18.2 Å². The van der Waals surface area contributed by atoms with E-state index in [4.69, 9.17) is 9.26 Å². The molecule has 1 aromatic carbocycles. The molecule has 3 aromatic rings. The monoisotopic (exact) mass is 340 g/mol. The average Bonchev–Trinajstić information content (AvgIpc) is 3.12. The Morgan fingerprint density at radius 2 is 2.08 bits per heavy atom. The maximum absolute atomic E-state index is 12.4. The smallest absolute Gasteiger partial charge is 0.279 e. The number of aryl methyl sites for hydroxylation is 4. The van der Waals surface area contributed by atoms with E-state index in [1.165, 1.54) is 5.56 Å². The lowest BCUT2D eigenvalue weighted by molar-refractivity contribution is 0.101. The van der Waals surface area contributed by atoms with Gasteiger partial charge >= 0.3 is 0 Å². The van der Waals surface area contributed by atoms with E-state index >= 15 is 0 Å². The predicted molar refractivity (Wildman–Crippen MR) is 92.6 cm³/mol. The van der Waals surface area contributed by atoms with Crippen molar-refractivity contribution < 1.29 is 14.1 Å². The first-order valence-corrected chi connectivity index (χ1v) is 7.90. The third kappa shape index (κ3) is 3.71. The fourth-order valence-corrected chi connectivity index (χ4v) is 2.51. The summed E-state index contributed by atoms with van der Waals surface area (Å²) in [4.78, 5) is 12.4. The SMILES string of the molecule is Cc1ccc(OCc2c(C(=O)Nc3ccn(C)n3)noc2C)c(C)c1. The Labute approximate surface area is 145 Å². The van der Waals surface area contributed by atoms with Crippen LogP contribution < -0.4 is 10.1 Å². The van der Waals surface area contributed by atoms with Gasteiger partial charge in [-0.3, -0.25) is 9.48 Å². The lowest BCUT2D eigenvalue weighted by atomic mass is 10.1. The molecule has 0 atom stereocenters. The molecule has 0 fully saturated rings. The highest BCUT2D eigenvalue weighted by Gasteiger charge is 2.21. The zero-order valence-electron chi connectivity index (χ0n) is 14.7. The molecule has 7 nitrogen and oxygen atoms in total. The zero-order valence-corrected chi connectivity index (χ0v) is 14.7. The van der Waals surface area contributed by atoms with Crippen LogP contribution in [0.3, 0.4) is 0 Å². The Morgan fingerprint density at radius 3 is 2.76 bits per heavy atom. The molecule has 2 aromatic heterocycles. The van der Waals surface area contributed by atoms with Gasteiger partial charge < -0.3 is 14.6 Å². The van der Waals surface area contributed by atoms with Crippen molar-refractivity contribution >= 4 is 11.7 Å². The van der Waals surface area contributed by atoms with Crippen molar-refractivity contribution in [2.45, 2.75) is 27.4 Å². The van der Waals surface area contributed by atoms with Crippen LogP contribution in [-0.2, 0) is 13.7 Å². The van der Waals surface area contributed by atoms with Crippen LogP contribution in [-0.4, -0.2) is 20.8 Å². The van der Waals surface area contributed by atoms with Gasteiger partial charge in [0, 0.05) is 19.3 Å². The molecule has 0 bridgehead atoms. The van der Waals surface area contributed by atoms with Gasteiger partial charge in [-0.1, -0.05) is 22.9 Å². The maximum atomic E-state index is 12.4. The molecule has 0 spiro atoms. The predicted octanol–water partition coefficient (Wildman–Crippen LogP) is 3.16.